The van der Waals surface area contributed by atoms with Gasteiger partial charge in [0.25, 0.3) is 0 Å². The van der Waals surface area contributed by atoms with Crippen LogP contribution in [0.5, 0.6) is 0 Å². The van der Waals surface area contributed by atoms with Gasteiger partial charge in [0.05, 0.1) is 6.20 Å². The van der Waals surface area contributed by atoms with Gasteiger partial charge in [0.15, 0.2) is 5.82 Å². The highest BCUT2D eigenvalue weighted by Crippen LogP contribution is 2.13. The van der Waals surface area contributed by atoms with E-state index in [2.05, 4.69) is 31.0 Å². The lowest BCUT2D eigenvalue weighted by Gasteiger charge is -1.98. The fourth-order valence-corrected chi connectivity index (χ4v) is 1.39. The Labute approximate surface area is 86.9 Å². The van der Waals surface area contributed by atoms with Gasteiger partial charge in [-0.1, -0.05) is 0 Å². The molecule has 0 spiro atoms. The average molecular weight is 258 g/mol. The molecule has 14 heavy (non-hydrogen) atoms. The van der Waals surface area contributed by atoms with Gasteiger partial charge < -0.3 is 5.73 Å². The third kappa shape index (κ3) is 1.58. The minimum atomic E-state index is -0.405. The van der Waals surface area contributed by atoms with Crippen molar-refractivity contribution in [2.75, 3.05) is 5.73 Å². The number of pyridine rings is 1. The van der Waals surface area contributed by atoms with Crippen LogP contribution in [-0.4, -0.2) is 19.7 Å². The molecule has 2 aromatic heterocycles. The first-order chi connectivity index (χ1) is 6.66. The van der Waals surface area contributed by atoms with Crippen molar-refractivity contribution in [1.82, 2.24) is 19.7 Å². The van der Waals surface area contributed by atoms with Crippen molar-refractivity contribution in [3.8, 4) is 5.82 Å². The van der Waals surface area contributed by atoms with Crippen molar-refractivity contribution in [1.29, 1.82) is 0 Å². The van der Waals surface area contributed by atoms with E-state index in [-0.39, 0.29) is 5.95 Å². The molecule has 0 saturated carbocycles. The Morgan fingerprint density at radius 1 is 1.43 bits per heavy atom. The van der Waals surface area contributed by atoms with Crippen LogP contribution < -0.4 is 5.73 Å². The Balaban J connectivity index is 2.49. The lowest BCUT2D eigenvalue weighted by Crippen LogP contribution is -2.00. The quantitative estimate of drug-likeness (QED) is 0.832. The Hall–Kier alpha value is -1.50. The highest BCUT2D eigenvalue weighted by atomic mass is 79.9. The molecule has 2 N–H and O–H groups in total. The molecular formula is C7H5BrFN5. The molecule has 5 nitrogen and oxygen atoms in total. The van der Waals surface area contributed by atoms with Crippen molar-refractivity contribution >= 4 is 21.9 Å². The van der Waals surface area contributed by atoms with Gasteiger partial charge in [-0.05, 0) is 28.1 Å². The number of anilines is 1. The van der Waals surface area contributed by atoms with Crippen LogP contribution >= 0.6 is 15.9 Å². The maximum Gasteiger partial charge on any atom is 0.240 e. The largest absolute Gasteiger partial charge is 0.366 e. The normalized spacial score (nSPS) is 10.4. The minimum absolute atomic E-state index is 0.128. The summed E-state index contributed by atoms with van der Waals surface area (Å²) in [4.78, 5) is 7.65. The molecule has 0 amide bonds. The molecular weight excluding hydrogens is 253 g/mol. The Morgan fingerprint density at radius 3 is 2.71 bits per heavy atom. The monoisotopic (exact) mass is 257 g/mol. The molecule has 0 aliphatic carbocycles. The van der Waals surface area contributed by atoms with E-state index >= 15 is 0 Å². The highest BCUT2D eigenvalue weighted by Gasteiger charge is 2.07. The molecule has 2 heterocycles. The van der Waals surface area contributed by atoms with Crippen LogP contribution in [0.3, 0.4) is 0 Å². The van der Waals surface area contributed by atoms with Crippen LogP contribution in [0.4, 0.5) is 10.3 Å². The highest BCUT2D eigenvalue weighted by molar-refractivity contribution is 9.10. The van der Waals surface area contributed by atoms with Crippen LogP contribution in [0.25, 0.3) is 5.82 Å². The summed E-state index contributed by atoms with van der Waals surface area (Å²) in [6.07, 6.45) is 1.10. The molecule has 0 radical (unpaired) electrons. The van der Waals surface area contributed by atoms with E-state index in [9.17, 15) is 4.39 Å². The molecule has 0 aromatic carbocycles. The van der Waals surface area contributed by atoms with Crippen molar-refractivity contribution in [3.05, 3.63) is 28.9 Å². The van der Waals surface area contributed by atoms with Crippen molar-refractivity contribution in [2.45, 2.75) is 0 Å². The molecule has 0 aliphatic heterocycles. The van der Waals surface area contributed by atoms with Gasteiger partial charge >= 0.3 is 0 Å². The lowest BCUT2D eigenvalue weighted by molar-refractivity contribution is 0.619. The van der Waals surface area contributed by atoms with E-state index in [1.165, 1.54) is 16.8 Å². The summed E-state index contributed by atoms with van der Waals surface area (Å²) in [6, 6.07) is 2.76. The second kappa shape index (κ2) is 3.33. The van der Waals surface area contributed by atoms with Crippen molar-refractivity contribution < 1.29 is 4.39 Å². The first kappa shape index (κ1) is 9.07. The molecule has 0 aliphatic rings. The smallest absolute Gasteiger partial charge is 0.240 e. The number of aromatic nitrogens is 4. The van der Waals surface area contributed by atoms with Crippen LogP contribution in [0, 0.1) is 5.82 Å². The number of rotatable bonds is 1. The first-order valence-electron chi connectivity index (χ1n) is 3.67. The summed E-state index contributed by atoms with van der Waals surface area (Å²) in [5.41, 5.74) is 5.37. The van der Waals surface area contributed by atoms with E-state index in [4.69, 9.17) is 5.73 Å². The predicted octanol–water partition coefficient (Wildman–Crippen LogP) is 1.15. The van der Waals surface area contributed by atoms with Crippen LogP contribution in [0.15, 0.2) is 23.1 Å². The molecule has 7 heteroatoms. The van der Waals surface area contributed by atoms with E-state index in [0.717, 1.165) is 6.20 Å². The Morgan fingerprint density at radius 2 is 2.21 bits per heavy atom. The molecule has 0 bridgehead atoms. The van der Waals surface area contributed by atoms with Gasteiger partial charge in [0, 0.05) is 0 Å². The SMILES string of the molecule is Nc1nc(Br)n(-c2ccc(F)cn2)n1. The molecule has 2 rings (SSSR count). The number of hydrogen-bond donors (Lipinski definition) is 1. The van der Waals surface area contributed by atoms with Gasteiger partial charge in [-0.25, -0.2) is 9.37 Å². The van der Waals surface area contributed by atoms with Crippen molar-refractivity contribution in [2.24, 2.45) is 0 Å². The number of hydrogen-bond acceptors (Lipinski definition) is 4. The molecule has 0 atom stereocenters. The zero-order valence-electron chi connectivity index (χ0n) is 6.85. The zero-order chi connectivity index (χ0) is 10.1. The lowest BCUT2D eigenvalue weighted by atomic mass is 10.4. The second-order valence-electron chi connectivity index (χ2n) is 2.49. The molecule has 2 aromatic rings. The molecule has 0 fully saturated rings. The predicted molar refractivity (Wildman–Crippen MR) is 51.2 cm³/mol. The fraction of sp³-hybridized carbons (Fsp3) is 0. The summed E-state index contributed by atoms with van der Waals surface area (Å²) >= 11 is 3.15. The van der Waals surface area contributed by atoms with Gasteiger partial charge in [0.2, 0.25) is 10.7 Å². The van der Waals surface area contributed by atoms with E-state index < -0.39 is 5.82 Å². The van der Waals surface area contributed by atoms with Crippen LogP contribution in [-0.2, 0) is 0 Å². The van der Waals surface area contributed by atoms with Crippen LogP contribution in [0.1, 0.15) is 0 Å². The third-order valence-electron chi connectivity index (χ3n) is 1.51. The maximum absolute atomic E-state index is 12.6. The summed E-state index contributed by atoms with van der Waals surface area (Å²) < 4.78 is 14.4. The van der Waals surface area contributed by atoms with Crippen molar-refractivity contribution in [3.63, 3.8) is 0 Å². The Kier molecular flexibility index (Phi) is 2.16. The topological polar surface area (TPSA) is 69.6 Å². The van der Waals surface area contributed by atoms with E-state index in [1.807, 2.05) is 0 Å². The van der Waals surface area contributed by atoms with Crippen LogP contribution in [0.2, 0.25) is 0 Å². The zero-order valence-corrected chi connectivity index (χ0v) is 8.44. The van der Waals surface area contributed by atoms with E-state index in [0.29, 0.717) is 10.6 Å². The Bertz CT molecular complexity index is 452. The maximum atomic E-state index is 12.6. The number of nitrogens with zero attached hydrogens (tertiary/aromatic N) is 4. The summed E-state index contributed by atoms with van der Waals surface area (Å²) in [5.74, 6) is 0.170. The molecule has 0 unspecified atom stereocenters. The van der Waals surface area contributed by atoms with Gasteiger partial charge in [-0.3, -0.25) is 0 Å². The number of nitrogen functional groups attached to an aromatic ring is 1. The second-order valence-corrected chi connectivity index (χ2v) is 3.19. The average Bonchev–Trinajstić information content (AvgIpc) is 2.47. The van der Waals surface area contributed by atoms with E-state index in [1.54, 1.807) is 0 Å². The minimum Gasteiger partial charge on any atom is -0.366 e. The summed E-state index contributed by atoms with van der Waals surface area (Å²) in [7, 11) is 0. The number of nitrogens with two attached hydrogens (primary N) is 1. The standard InChI is InChI=1S/C7H5BrFN5/c8-6-12-7(10)13-14(6)5-2-1-4(9)3-11-5/h1-3H,(H2,10,13). The van der Waals surface area contributed by atoms with Gasteiger partial charge in [-0.15, -0.1) is 5.10 Å². The first-order valence-corrected chi connectivity index (χ1v) is 4.46. The van der Waals surface area contributed by atoms with Gasteiger partial charge in [-0.2, -0.15) is 9.67 Å². The van der Waals surface area contributed by atoms with Gasteiger partial charge in [0.1, 0.15) is 5.82 Å². The third-order valence-corrected chi connectivity index (χ3v) is 2.03. The fourth-order valence-electron chi connectivity index (χ4n) is 0.947. The summed E-state index contributed by atoms with van der Waals surface area (Å²) in [5, 5.41) is 3.86. The number of halogens is 2. The molecule has 72 valence electrons. The summed E-state index contributed by atoms with van der Waals surface area (Å²) in [6.45, 7) is 0. The molecule has 0 saturated heterocycles.